The molecule has 0 aromatic carbocycles. The summed E-state index contributed by atoms with van der Waals surface area (Å²) >= 11 is 0. The van der Waals surface area contributed by atoms with Crippen LogP contribution in [-0.4, -0.2) is 13.3 Å². The fraction of sp³-hybridized carbons (Fsp3) is 0.750. The smallest absolute Gasteiger partial charge is 0.0277 e. The lowest BCUT2D eigenvalue weighted by Gasteiger charge is -1.86. The number of rotatable bonds is 4. The Balaban J connectivity index is 0. The van der Waals surface area contributed by atoms with E-state index in [1.54, 1.807) is 7.05 Å². The van der Waals surface area contributed by atoms with Crippen LogP contribution in [0.5, 0.6) is 0 Å². The normalized spacial score (nSPS) is 11.3. The van der Waals surface area contributed by atoms with Crippen LogP contribution in [0.25, 0.3) is 0 Å². The number of nitrogens with zero attached hydrogens (tertiary/aromatic N) is 1. The molecule has 0 saturated carbocycles. The lowest BCUT2D eigenvalue weighted by atomic mass is 10.2. The molecule has 0 spiro atoms. The third kappa shape index (κ3) is 18.4. The molecule has 0 aliphatic heterocycles. The molecular formula is C12H25N. The summed E-state index contributed by atoms with van der Waals surface area (Å²) in [5, 5.41) is 0. The van der Waals surface area contributed by atoms with Crippen molar-refractivity contribution in [3.05, 3.63) is 11.6 Å². The Hall–Kier alpha value is -0.590. The van der Waals surface area contributed by atoms with E-state index in [1.165, 1.54) is 31.3 Å². The molecule has 1 nitrogen and oxygen atoms in total. The van der Waals surface area contributed by atoms with Crippen molar-refractivity contribution in [3.63, 3.8) is 0 Å². The van der Waals surface area contributed by atoms with Crippen LogP contribution in [-0.2, 0) is 0 Å². The molecule has 0 amide bonds. The molecule has 0 N–H and O–H groups in total. The van der Waals surface area contributed by atoms with Crippen molar-refractivity contribution in [2.45, 2.75) is 53.4 Å². The van der Waals surface area contributed by atoms with Crippen molar-refractivity contribution in [3.8, 4) is 0 Å². The average molecular weight is 183 g/mol. The number of aliphatic imine (C=N–C) groups is 1. The van der Waals surface area contributed by atoms with E-state index < -0.39 is 0 Å². The van der Waals surface area contributed by atoms with Gasteiger partial charge in [0.2, 0.25) is 0 Å². The maximum Gasteiger partial charge on any atom is 0.0277 e. The highest BCUT2D eigenvalue weighted by Crippen LogP contribution is 1.95. The zero-order valence-corrected chi connectivity index (χ0v) is 9.93. The van der Waals surface area contributed by atoms with E-state index in [-0.39, 0.29) is 0 Å². The Morgan fingerprint density at radius 3 is 1.77 bits per heavy atom. The highest BCUT2D eigenvalue weighted by atomic mass is 14.6. The van der Waals surface area contributed by atoms with Crippen molar-refractivity contribution in [2.24, 2.45) is 4.99 Å². The van der Waals surface area contributed by atoms with Crippen molar-refractivity contribution >= 4 is 6.21 Å². The summed E-state index contributed by atoms with van der Waals surface area (Å²) in [4.78, 5) is 3.81. The topological polar surface area (TPSA) is 12.4 Å². The van der Waals surface area contributed by atoms with Crippen LogP contribution >= 0.6 is 0 Å². The molecule has 0 bridgehead atoms. The van der Waals surface area contributed by atoms with E-state index in [2.05, 4.69) is 18.8 Å². The summed E-state index contributed by atoms with van der Waals surface area (Å²) in [6, 6.07) is 0. The Bertz CT molecular complexity index is 130. The Morgan fingerprint density at radius 2 is 1.62 bits per heavy atom. The third-order valence-corrected chi connectivity index (χ3v) is 1.75. The zero-order chi connectivity index (χ0) is 10.5. The van der Waals surface area contributed by atoms with Crippen LogP contribution < -0.4 is 0 Å². The average Bonchev–Trinajstić information content (AvgIpc) is 2.16. The van der Waals surface area contributed by atoms with Gasteiger partial charge >= 0.3 is 0 Å². The van der Waals surface area contributed by atoms with Crippen LogP contribution in [0.3, 0.4) is 0 Å². The molecular weight excluding hydrogens is 158 g/mol. The van der Waals surface area contributed by atoms with Gasteiger partial charge in [0, 0.05) is 13.3 Å². The molecule has 1 heteroatoms. The SMILES string of the molecule is C/C=C(/C)C=NC.CCCCCC. The third-order valence-electron chi connectivity index (χ3n) is 1.75. The van der Waals surface area contributed by atoms with Gasteiger partial charge in [0.1, 0.15) is 0 Å². The second-order valence-corrected chi connectivity index (χ2v) is 3.13. The highest BCUT2D eigenvalue weighted by molar-refractivity contribution is 5.77. The first-order chi connectivity index (χ1) is 6.22. The molecule has 0 fully saturated rings. The van der Waals surface area contributed by atoms with Gasteiger partial charge < -0.3 is 0 Å². The highest BCUT2D eigenvalue weighted by Gasteiger charge is 1.75. The van der Waals surface area contributed by atoms with Crippen molar-refractivity contribution in [1.29, 1.82) is 0 Å². The van der Waals surface area contributed by atoms with Crippen LogP contribution in [0.2, 0.25) is 0 Å². The molecule has 0 aliphatic rings. The van der Waals surface area contributed by atoms with Gasteiger partial charge in [0.25, 0.3) is 0 Å². The minimum absolute atomic E-state index is 1.21. The van der Waals surface area contributed by atoms with Crippen LogP contribution in [0.4, 0.5) is 0 Å². The molecule has 78 valence electrons. The largest absolute Gasteiger partial charge is 0.296 e. The summed E-state index contributed by atoms with van der Waals surface area (Å²) in [6.07, 6.45) is 9.39. The fourth-order valence-corrected chi connectivity index (χ4v) is 0.778. The van der Waals surface area contributed by atoms with Gasteiger partial charge in [0.05, 0.1) is 0 Å². The van der Waals surface area contributed by atoms with E-state index >= 15 is 0 Å². The maximum atomic E-state index is 3.81. The number of unbranched alkanes of at least 4 members (excludes halogenated alkanes) is 3. The summed E-state index contributed by atoms with van der Waals surface area (Å²) < 4.78 is 0. The van der Waals surface area contributed by atoms with Gasteiger partial charge in [-0.2, -0.15) is 0 Å². The minimum atomic E-state index is 1.21. The molecule has 0 unspecified atom stereocenters. The molecule has 0 saturated heterocycles. The maximum absolute atomic E-state index is 3.81. The number of hydrogen-bond acceptors (Lipinski definition) is 1. The quantitative estimate of drug-likeness (QED) is 0.456. The lowest BCUT2D eigenvalue weighted by Crippen LogP contribution is -1.72. The molecule has 0 rings (SSSR count). The van der Waals surface area contributed by atoms with Gasteiger partial charge in [-0.1, -0.05) is 45.6 Å². The molecule has 0 aromatic rings. The van der Waals surface area contributed by atoms with Gasteiger partial charge in [-0.05, 0) is 19.4 Å². The summed E-state index contributed by atoms with van der Waals surface area (Å²) in [7, 11) is 1.77. The second-order valence-electron chi connectivity index (χ2n) is 3.13. The minimum Gasteiger partial charge on any atom is -0.296 e. The first-order valence-electron chi connectivity index (χ1n) is 5.27. The van der Waals surface area contributed by atoms with Gasteiger partial charge in [-0.3, -0.25) is 4.99 Å². The molecule has 0 radical (unpaired) electrons. The van der Waals surface area contributed by atoms with Crippen LogP contribution in [0, 0.1) is 0 Å². The first-order valence-corrected chi connectivity index (χ1v) is 5.27. The molecule has 0 aliphatic carbocycles. The van der Waals surface area contributed by atoms with E-state index in [9.17, 15) is 0 Å². The lowest BCUT2D eigenvalue weighted by molar-refractivity contribution is 0.702. The molecule has 0 atom stereocenters. The van der Waals surface area contributed by atoms with E-state index in [1.807, 2.05) is 26.1 Å². The van der Waals surface area contributed by atoms with Crippen molar-refractivity contribution < 1.29 is 0 Å². The standard InChI is InChI=1S/C6H11N.C6H14/c1-4-6(2)5-7-3;1-3-5-6-4-2/h4-5H,1-3H3;3-6H2,1-2H3/b6-4-,7-5?;. The number of hydrogen-bond donors (Lipinski definition) is 0. The Kier molecular flexibility index (Phi) is 16.0. The summed E-state index contributed by atoms with van der Waals surface area (Å²) in [6.45, 7) is 8.48. The van der Waals surface area contributed by atoms with Crippen LogP contribution in [0.1, 0.15) is 53.4 Å². The second kappa shape index (κ2) is 14.0. The predicted molar refractivity (Wildman–Crippen MR) is 63.7 cm³/mol. The van der Waals surface area contributed by atoms with Gasteiger partial charge in [0.15, 0.2) is 0 Å². The summed E-state index contributed by atoms with van der Waals surface area (Å²) in [5.74, 6) is 0. The molecule has 0 aromatic heterocycles. The fourth-order valence-electron chi connectivity index (χ4n) is 0.778. The monoisotopic (exact) mass is 183 g/mol. The number of allylic oxidation sites excluding steroid dienone is 2. The zero-order valence-electron chi connectivity index (χ0n) is 9.93. The Labute approximate surface area is 84.0 Å². The summed E-state index contributed by atoms with van der Waals surface area (Å²) in [5.41, 5.74) is 1.21. The predicted octanol–water partition coefficient (Wildman–Crippen LogP) is 4.24. The van der Waals surface area contributed by atoms with Gasteiger partial charge in [-0.15, -0.1) is 0 Å². The van der Waals surface area contributed by atoms with E-state index in [0.29, 0.717) is 0 Å². The Morgan fingerprint density at radius 1 is 1.15 bits per heavy atom. The van der Waals surface area contributed by atoms with E-state index in [0.717, 1.165) is 0 Å². The molecule has 13 heavy (non-hydrogen) atoms. The van der Waals surface area contributed by atoms with Crippen molar-refractivity contribution in [1.82, 2.24) is 0 Å². The van der Waals surface area contributed by atoms with Crippen molar-refractivity contribution in [2.75, 3.05) is 7.05 Å². The van der Waals surface area contributed by atoms with Gasteiger partial charge in [-0.25, -0.2) is 0 Å². The van der Waals surface area contributed by atoms with Crippen LogP contribution in [0.15, 0.2) is 16.6 Å². The van der Waals surface area contributed by atoms with E-state index in [4.69, 9.17) is 0 Å². The molecule has 0 heterocycles. The first kappa shape index (κ1) is 14.9.